The van der Waals surface area contributed by atoms with Crippen LogP contribution in [-0.4, -0.2) is 43.8 Å². The van der Waals surface area contributed by atoms with Gasteiger partial charge in [0.1, 0.15) is 6.61 Å². The van der Waals surface area contributed by atoms with Crippen LogP contribution in [-0.2, 0) is 14.3 Å². The highest BCUT2D eigenvalue weighted by molar-refractivity contribution is 6.00. The van der Waals surface area contributed by atoms with E-state index in [1.165, 1.54) is 0 Å². The van der Waals surface area contributed by atoms with Crippen LogP contribution in [0.1, 0.15) is 12.5 Å². The van der Waals surface area contributed by atoms with Crippen LogP contribution in [0.2, 0.25) is 0 Å². The van der Waals surface area contributed by atoms with Gasteiger partial charge in [0.2, 0.25) is 5.91 Å². The Morgan fingerprint density at radius 3 is 2.89 bits per heavy atom. The van der Waals surface area contributed by atoms with E-state index in [-0.39, 0.29) is 12.5 Å². The predicted octanol–water partition coefficient (Wildman–Crippen LogP) is 1.49. The Morgan fingerprint density at radius 1 is 1.42 bits per heavy atom. The number of benzene rings is 1. The summed E-state index contributed by atoms with van der Waals surface area (Å²) in [5.41, 5.74) is 1.84. The molecule has 0 aliphatic rings. The molecule has 1 aromatic carbocycles. The van der Waals surface area contributed by atoms with Gasteiger partial charge in [-0.15, -0.1) is 0 Å². The number of hydrogen-bond acceptors (Lipinski definition) is 5. The molecule has 0 saturated heterocycles. The average molecular weight is 266 g/mol. The van der Waals surface area contributed by atoms with Gasteiger partial charge in [0.05, 0.1) is 18.9 Å². The van der Waals surface area contributed by atoms with Gasteiger partial charge in [-0.2, -0.15) is 0 Å². The molecule has 6 nitrogen and oxygen atoms in total. The first-order chi connectivity index (χ1) is 9.17. The number of nitrogens with one attached hydrogen (secondary N) is 1. The van der Waals surface area contributed by atoms with Crippen LogP contribution >= 0.6 is 0 Å². The lowest BCUT2D eigenvalue weighted by Gasteiger charge is -2.07. The number of rotatable bonds is 7. The molecule has 0 spiro atoms. The monoisotopic (exact) mass is 266 g/mol. The molecule has 0 saturated carbocycles. The van der Waals surface area contributed by atoms with E-state index < -0.39 is 0 Å². The first kappa shape index (κ1) is 15.1. The fraction of sp³-hybridized carbons (Fsp3) is 0.385. The summed E-state index contributed by atoms with van der Waals surface area (Å²) in [6.45, 7) is 2.48. The van der Waals surface area contributed by atoms with E-state index in [0.29, 0.717) is 24.6 Å². The normalized spacial score (nSPS) is 11.4. The third-order valence-corrected chi connectivity index (χ3v) is 2.38. The van der Waals surface area contributed by atoms with Crippen LogP contribution in [0.25, 0.3) is 0 Å². The summed E-state index contributed by atoms with van der Waals surface area (Å²) < 4.78 is 9.91. The van der Waals surface area contributed by atoms with E-state index in [4.69, 9.17) is 14.7 Å². The molecule has 0 fully saturated rings. The maximum absolute atomic E-state index is 11.6. The highest BCUT2D eigenvalue weighted by Crippen LogP contribution is 2.11. The van der Waals surface area contributed by atoms with Crippen molar-refractivity contribution >= 4 is 17.3 Å². The van der Waals surface area contributed by atoms with Crippen LogP contribution in [0.15, 0.2) is 29.4 Å². The molecule has 0 aliphatic heterocycles. The summed E-state index contributed by atoms with van der Waals surface area (Å²) in [6.07, 6.45) is 0. The second-order valence-corrected chi connectivity index (χ2v) is 3.86. The zero-order valence-electron chi connectivity index (χ0n) is 11.0. The van der Waals surface area contributed by atoms with Gasteiger partial charge < -0.3 is 20.0 Å². The first-order valence-corrected chi connectivity index (χ1v) is 5.83. The summed E-state index contributed by atoms with van der Waals surface area (Å²) in [5.74, 6) is -0.244. The van der Waals surface area contributed by atoms with E-state index in [2.05, 4.69) is 10.5 Å². The topological polar surface area (TPSA) is 80.2 Å². The zero-order valence-corrected chi connectivity index (χ0v) is 11.0. The number of ether oxygens (including phenoxy) is 2. The summed E-state index contributed by atoms with van der Waals surface area (Å²) in [6, 6.07) is 7.04. The maximum atomic E-state index is 11.6. The van der Waals surface area contributed by atoms with Crippen molar-refractivity contribution in [1.82, 2.24) is 0 Å². The lowest BCUT2D eigenvalue weighted by Crippen LogP contribution is -2.19. The SMILES string of the molecule is COCCOCC(=O)Nc1cccc(/C(C)=N/O)c1. The average Bonchev–Trinajstić information content (AvgIpc) is 2.43. The van der Waals surface area contributed by atoms with Gasteiger partial charge in [0.15, 0.2) is 0 Å². The van der Waals surface area contributed by atoms with Crippen molar-refractivity contribution in [2.45, 2.75) is 6.92 Å². The van der Waals surface area contributed by atoms with E-state index in [1.807, 2.05) is 0 Å². The third kappa shape index (κ3) is 5.50. The molecule has 0 heterocycles. The molecule has 0 aliphatic carbocycles. The lowest BCUT2D eigenvalue weighted by molar-refractivity contribution is -0.121. The van der Waals surface area contributed by atoms with Crippen LogP contribution < -0.4 is 5.32 Å². The van der Waals surface area contributed by atoms with Gasteiger partial charge in [0.25, 0.3) is 0 Å². The fourth-order valence-corrected chi connectivity index (χ4v) is 1.38. The smallest absolute Gasteiger partial charge is 0.250 e. The molecule has 0 bridgehead atoms. The molecule has 1 aromatic rings. The molecular weight excluding hydrogens is 248 g/mol. The Kier molecular flexibility index (Phi) is 6.56. The second kappa shape index (κ2) is 8.23. The Bertz CT molecular complexity index is 446. The quantitative estimate of drug-likeness (QED) is 0.339. The summed E-state index contributed by atoms with van der Waals surface area (Å²) in [4.78, 5) is 11.6. The number of carbonyl (C=O) groups is 1. The fourth-order valence-electron chi connectivity index (χ4n) is 1.38. The van der Waals surface area contributed by atoms with E-state index in [1.54, 1.807) is 38.3 Å². The zero-order chi connectivity index (χ0) is 14.1. The van der Waals surface area contributed by atoms with Gasteiger partial charge in [0, 0.05) is 18.4 Å². The van der Waals surface area contributed by atoms with Crippen molar-refractivity contribution in [3.05, 3.63) is 29.8 Å². The Morgan fingerprint density at radius 2 is 2.21 bits per heavy atom. The molecule has 0 radical (unpaired) electrons. The van der Waals surface area contributed by atoms with Crippen molar-refractivity contribution in [3.63, 3.8) is 0 Å². The number of oxime groups is 1. The van der Waals surface area contributed by atoms with Crippen LogP contribution in [0.4, 0.5) is 5.69 Å². The largest absolute Gasteiger partial charge is 0.411 e. The maximum Gasteiger partial charge on any atom is 0.250 e. The Hall–Kier alpha value is -1.92. The van der Waals surface area contributed by atoms with Crippen molar-refractivity contribution in [2.24, 2.45) is 5.16 Å². The van der Waals surface area contributed by atoms with Crippen molar-refractivity contribution in [2.75, 3.05) is 32.2 Å². The Balaban J connectivity index is 2.50. The number of carbonyl (C=O) groups excluding carboxylic acids is 1. The summed E-state index contributed by atoms with van der Waals surface area (Å²) in [5, 5.41) is 14.5. The minimum absolute atomic E-state index is 0.0271. The van der Waals surface area contributed by atoms with Gasteiger partial charge >= 0.3 is 0 Å². The molecule has 0 aromatic heterocycles. The number of anilines is 1. The molecule has 0 unspecified atom stereocenters. The van der Waals surface area contributed by atoms with Crippen LogP contribution in [0.5, 0.6) is 0 Å². The number of amides is 1. The van der Waals surface area contributed by atoms with Crippen LogP contribution in [0.3, 0.4) is 0 Å². The Labute approximate surface area is 112 Å². The highest BCUT2D eigenvalue weighted by Gasteiger charge is 2.04. The highest BCUT2D eigenvalue weighted by atomic mass is 16.5. The van der Waals surface area contributed by atoms with E-state index in [9.17, 15) is 4.79 Å². The number of nitrogens with zero attached hydrogens (tertiary/aromatic N) is 1. The summed E-state index contributed by atoms with van der Waals surface area (Å²) >= 11 is 0. The molecular formula is C13H18N2O4. The van der Waals surface area contributed by atoms with Gasteiger partial charge in [-0.25, -0.2) is 0 Å². The minimum Gasteiger partial charge on any atom is -0.411 e. The summed E-state index contributed by atoms with van der Waals surface area (Å²) in [7, 11) is 1.57. The molecule has 1 rings (SSSR count). The number of hydrogen-bond donors (Lipinski definition) is 2. The van der Waals surface area contributed by atoms with Crippen molar-refractivity contribution in [1.29, 1.82) is 0 Å². The molecule has 2 N–H and O–H groups in total. The van der Waals surface area contributed by atoms with E-state index >= 15 is 0 Å². The van der Waals surface area contributed by atoms with Gasteiger partial charge in [-0.1, -0.05) is 17.3 Å². The van der Waals surface area contributed by atoms with Crippen molar-refractivity contribution in [3.8, 4) is 0 Å². The first-order valence-electron chi connectivity index (χ1n) is 5.83. The molecule has 6 heteroatoms. The second-order valence-electron chi connectivity index (χ2n) is 3.86. The standard InChI is InChI=1S/C13H18N2O4/c1-10(15-17)11-4-3-5-12(8-11)14-13(16)9-19-7-6-18-2/h3-5,8,17H,6-7,9H2,1-2H3,(H,14,16)/b15-10+. The predicted molar refractivity (Wildman–Crippen MR) is 71.8 cm³/mol. The van der Waals surface area contributed by atoms with E-state index in [0.717, 1.165) is 5.56 Å². The molecule has 104 valence electrons. The van der Waals surface area contributed by atoms with Crippen molar-refractivity contribution < 1.29 is 19.5 Å². The molecule has 1 amide bonds. The third-order valence-electron chi connectivity index (χ3n) is 2.38. The van der Waals surface area contributed by atoms with Gasteiger partial charge in [-0.05, 0) is 19.1 Å². The number of methoxy groups -OCH3 is 1. The molecule has 0 atom stereocenters. The lowest BCUT2D eigenvalue weighted by atomic mass is 10.1. The minimum atomic E-state index is -0.244. The molecule has 19 heavy (non-hydrogen) atoms. The van der Waals surface area contributed by atoms with Crippen LogP contribution in [0, 0.1) is 0 Å². The van der Waals surface area contributed by atoms with Gasteiger partial charge in [-0.3, -0.25) is 4.79 Å².